The van der Waals surface area contributed by atoms with Gasteiger partial charge < -0.3 is 19.6 Å². The Morgan fingerprint density at radius 3 is 2.88 bits per heavy atom. The largest absolute Gasteiger partial charge is 0.480 e. The molecular weight excluding hydrogens is 338 g/mol. The molecule has 2 fully saturated rings. The summed E-state index contributed by atoms with van der Waals surface area (Å²) < 4.78 is 5.64. The number of rotatable bonds is 6. The van der Waals surface area contributed by atoms with E-state index in [1.165, 1.54) is 11.8 Å². The Hall–Kier alpha value is -2.48. The fourth-order valence-electron chi connectivity index (χ4n) is 3.41. The Morgan fingerprint density at radius 1 is 1.42 bits per heavy atom. The SMILES string of the molecule is CC(=O)N(CC(=O)O)CC1CN(C(=O)C2CC2c2cccnc2)CCO1. The van der Waals surface area contributed by atoms with E-state index in [-0.39, 0.29) is 42.8 Å². The van der Waals surface area contributed by atoms with Gasteiger partial charge in [0, 0.05) is 44.9 Å². The normalized spacial score (nSPS) is 24.8. The monoisotopic (exact) mass is 361 g/mol. The Labute approximate surface area is 151 Å². The predicted molar refractivity (Wildman–Crippen MR) is 91.3 cm³/mol. The molecule has 26 heavy (non-hydrogen) atoms. The minimum Gasteiger partial charge on any atom is -0.480 e. The van der Waals surface area contributed by atoms with Gasteiger partial charge in [0.1, 0.15) is 6.54 Å². The van der Waals surface area contributed by atoms with Gasteiger partial charge in [0.15, 0.2) is 0 Å². The van der Waals surface area contributed by atoms with Gasteiger partial charge in [0.2, 0.25) is 11.8 Å². The van der Waals surface area contributed by atoms with Crippen molar-refractivity contribution in [1.82, 2.24) is 14.8 Å². The fourth-order valence-corrected chi connectivity index (χ4v) is 3.41. The molecule has 3 atom stereocenters. The molecule has 140 valence electrons. The van der Waals surface area contributed by atoms with E-state index in [0.717, 1.165) is 12.0 Å². The van der Waals surface area contributed by atoms with Crippen LogP contribution in [0.3, 0.4) is 0 Å². The van der Waals surface area contributed by atoms with Crippen LogP contribution in [-0.2, 0) is 19.1 Å². The first-order valence-electron chi connectivity index (χ1n) is 8.73. The van der Waals surface area contributed by atoms with Gasteiger partial charge in [0.25, 0.3) is 0 Å². The first kappa shape index (κ1) is 18.3. The summed E-state index contributed by atoms with van der Waals surface area (Å²) in [5.74, 6) is -1.10. The molecule has 1 aromatic rings. The van der Waals surface area contributed by atoms with E-state index in [0.29, 0.717) is 19.7 Å². The molecule has 2 heterocycles. The highest BCUT2D eigenvalue weighted by Crippen LogP contribution is 2.48. The standard InChI is InChI=1S/C18H23N3O5/c1-12(22)21(11-17(23)24)10-14-9-20(5-6-26-14)18(25)16-7-15(16)13-3-2-4-19-8-13/h2-4,8,14-16H,5-7,9-11H2,1H3,(H,23,24). The number of aromatic nitrogens is 1. The van der Waals surface area contributed by atoms with E-state index in [4.69, 9.17) is 9.84 Å². The average molecular weight is 361 g/mol. The molecule has 1 aromatic heterocycles. The van der Waals surface area contributed by atoms with Gasteiger partial charge in [-0.1, -0.05) is 6.07 Å². The van der Waals surface area contributed by atoms with Crippen LogP contribution in [0.15, 0.2) is 24.5 Å². The van der Waals surface area contributed by atoms with Gasteiger partial charge in [-0.15, -0.1) is 0 Å². The van der Waals surface area contributed by atoms with Gasteiger partial charge in [-0.3, -0.25) is 19.4 Å². The van der Waals surface area contributed by atoms with Crippen molar-refractivity contribution in [3.63, 3.8) is 0 Å². The number of pyridine rings is 1. The number of hydrogen-bond acceptors (Lipinski definition) is 5. The lowest BCUT2D eigenvalue weighted by Gasteiger charge is -2.35. The fraction of sp³-hybridized carbons (Fsp3) is 0.556. The summed E-state index contributed by atoms with van der Waals surface area (Å²) in [4.78, 5) is 42.4. The lowest BCUT2D eigenvalue weighted by atomic mass is 10.1. The van der Waals surface area contributed by atoms with Crippen LogP contribution in [0.2, 0.25) is 0 Å². The number of carboxylic acids is 1. The van der Waals surface area contributed by atoms with Crippen LogP contribution in [0.1, 0.15) is 24.8 Å². The Kier molecular flexibility index (Phi) is 5.51. The van der Waals surface area contributed by atoms with Crippen LogP contribution >= 0.6 is 0 Å². The number of nitrogens with zero attached hydrogens (tertiary/aromatic N) is 3. The van der Waals surface area contributed by atoms with Gasteiger partial charge in [0.05, 0.1) is 12.7 Å². The smallest absolute Gasteiger partial charge is 0.323 e. The highest BCUT2D eigenvalue weighted by Gasteiger charge is 2.46. The summed E-state index contributed by atoms with van der Waals surface area (Å²) in [6.45, 7) is 2.41. The van der Waals surface area contributed by atoms with E-state index < -0.39 is 5.97 Å². The number of carbonyl (C=O) groups excluding carboxylic acids is 2. The second-order valence-corrected chi connectivity index (χ2v) is 6.81. The molecule has 2 amide bonds. The van der Waals surface area contributed by atoms with E-state index in [1.54, 1.807) is 17.3 Å². The number of carboxylic acid groups (broad SMARTS) is 1. The van der Waals surface area contributed by atoms with E-state index in [1.807, 2.05) is 12.1 Å². The van der Waals surface area contributed by atoms with E-state index >= 15 is 0 Å². The van der Waals surface area contributed by atoms with Crippen LogP contribution in [0, 0.1) is 5.92 Å². The molecule has 0 radical (unpaired) electrons. The van der Waals surface area contributed by atoms with Gasteiger partial charge >= 0.3 is 5.97 Å². The molecule has 0 spiro atoms. The van der Waals surface area contributed by atoms with Crippen molar-refractivity contribution in [3.8, 4) is 0 Å². The maximum atomic E-state index is 12.8. The molecule has 0 bridgehead atoms. The molecule has 1 saturated carbocycles. The maximum Gasteiger partial charge on any atom is 0.323 e. The first-order valence-corrected chi connectivity index (χ1v) is 8.73. The molecule has 0 aromatic carbocycles. The maximum absolute atomic E-state index is 12.8. The summed E-state index contributed by atoms with van der Waals surface area (Å²) in [6.07, 6.45) is 3.97. The minimum absolute atomic E-state index is 0.0270. The third-order valence-electron chi connectivity index (χ3n) is 4.87. The summed E-state index contributed by atoms with van der Waals surface area (Å²) in [5, 5.41) is 8.92. The zero-order chi connectivity index (χ0) is 18.7. The van der Waals surface area contributed by atoms with Crippen LogP contribution < -0.4 is 0 Å². The summed E-state index contributed by atoms with van der Waals surface area (Å²) in [7, 11) is 0. The van der Waals surface area contributed by atoms with Crippen molar-refractivity contribution in [2.75, 3.05) is 32.8 Å². The molecule has 1 saturated heterocycles. The average Bonchev–Trinajstić information content (AvgIpc) is 3.42. The molecule has 1 N–H and O–H groups in total. The van der Waals surface area contributed by atoms with Crippen LogP contribution in [0.5, 0.6) is 0 Å². The number of amides is 2. The Balaban J connectivity index is 1.56. The number of morpholine rings is 1. The molecule has 8 nitrogen and oxygen atoms in total. The molecular formula is C18H23N3O5. The summed E-state index contributed by atoms with van der Waals surface area (Å²) in [6, 6.07) is 3.86. The van der Waals surface area contributed by atoms with Crippen LogP contribution in [0.4, 0.5) is 0 Å². The highest BCUT2D eigenvalue weighted by atomic mass is 16.5. The predicted octanol–water partition coefficient (Wildman–Crippen LogP) is 0.346. The second-order valence-electron chi connectivity index (χ2n) is 6.81. The van der Waals surface area contributed by atoms with Gasteiger partial charge in [-0.25, -0.2) is 0 Å². The molecule has 3 unspecified atom stereocenters. The number of hydrogen-bond donors (Lipinski definition) is 1. The number of ether oxygens (including phenoxy) is 1. The van der Waals surface area contributed by atoms with Crippen molar-refractivity contribution in [2.45, 2.75) is 25.4 Å². The van der Waals surface area contributed by atoms with Crippen molar-refractivity contribution < 1.29 is 24.2 Å². The third kappa shape index (κ3) is 4.37. The lowest BCUT2D eigenvalue weighted by molar-refractivity contribution is -0.148. The molecule has 1 aliphatic carbocycles. The van der Waals surface area contributed by atoms with Crippen molar-refractivity contribution in [3.05, 3.63) is 30.1 Å². The summed E-state index contributed by atoms with van der Waals surface area (Å²) >= 11 is 0. The third-order valence-corrected chi connectivity index (χ3v) is 4.87. The van der Waals surface area contributed by atoms with E-state index in [2.05, 4.69) is 4.98 Å². The van der Waals surface area contributed by atoms with Crippen molar-refractivity contribution >= 4 is 17.8 Å². The topological polar surface area (TPSA) is 100 Å². The Morgan fingerprint density at radius 2 is 2.23 bits per heavy atom. The highest BCUT2D eigenvalue weighted by molar-refractivity contribution is 5.83. The van der Waals surface area contributed by atoms with Gasteiger partial charge in [-0.2, -0.15) is 0 Å². The van der Waals surface area contributed by atoms with Crippen LogP contribution in [-0.4, -0.2) is 76.6 Å². The Bertz CT molecular complexity index is 681. The zero-order valence-corrected chi connectivity index (χ0v) is 14.7. The molecule has 1 aliphatic heterocycles. The number of carbonyl (C=O) groups is 3. The second kappa shape index (κ2) is 7.82. The summed E-state index contributed by atoms with van der Waals surface area (Å²) in [5.41, 5.74) is 1.08. The molecule has 8 heteroatoms. The van der Waals surface area contributed by atoms with Gasteiger partial charge in [-0.05, 0) is 24.0 Å². The quantitative estimate of drug-likeness (QED) is 0.785. The molecule has 2 aliphatic rings. The lowest BCUT2D eigenvalue weighted by Crippen LogP contribution is -2.51. The van der Waals surface area contributed by atoms with E-state index in [9.17, 15) is 14.4 Å². The number of aliphatic carboxylic acids is 1. The van der Waals surface area contributed by atoms with Crippen molar-refractivity contribution in [2.24, 2.45) is 5.92 Å². The molecule has 3 rings (SSSR count). The first-order chi connectivity index (χ1) is 12.5. The van der Waals surface area contributed by atoms with Crippen molar-refractivity contribution in [1.29, 1.82) is 0 Å². The van der Waals surface area contributed by atoms with Crippen LogP contribution in [0.25, 0.3) is 0 Å². The zero-order valence-electron chi connectivity index (χ0n) is 14.7. The minimum atomic E-state index is -1.07.